The third kappa shape index (κ3) is 3.88. The maximum absolute atomic E-state index is 12.8. The molecule has 4 atom stereocenters. The first-order chi connectivity index (χ1) is 13.2. The van der Waals surface area contributed by atoms with Gasteiger partial charge in [-0.1, -0.05) is 0 Å². The lowest BCUT2D eigenvalue weighted by molar-refractivity contribution is -0.152. The number of piperidine rings is 3. The predicted octanol–water partition coefficient (Wildman–Crippen LogP) is 1.22. The molecule has 3 aliphatic heterocycles. The first-order valence-electron chi connectivity index (χ1n) is 9.86. The molecule has 3 saturated heterocycles. The highest BCUT2D eigenvalue weighted by atomic mass is 32.1. The SMILES string of the molecule is COCCN1C[C@H]2C[C@@H](C1)[C@H](CNC(=O)c1cscn1)N1C(=O)CCC[C@@H]21. The molecular formula is C19H28N4O3S. The molecule has 8 heteroatoms. The largest absolute Gasteiger partial charge is 0.383 e. The summed E-state index contributed by atoms with van der Waals surface area (Å²) in [6, 6.07) is 0.390. The minimum atomic E-state index is -0.147. The monoisotopic (exact) mass is 392 g/mol. The lowest BCUT2D eigenvalue weighted by Gasteiger charge is -2.56. The van der Waals surface area contributed by atoms with Crippen LogP contribution in [0.15, 0.2) is 10.9 Å². The van der Waals surface area contributed by atoms with Crippen LogP contribution in [0.3, 0.4) is 0 Å². The predicted molar refractivity (Wildman–Crippen MR) is 103 cm³/mol. The fraction of sp³-hybridized carbons (Fsp3) is 0.737. The van der Waals surface area contributed by atoms with E-state index in [-0.39, 0.29) is 17.9 Å². The number of methoxy groups -OCH3 is 1. The summed E-state index contributed by atoms with van der Waals surface area (Å²) < 4.78 is 5.27. The maximum atomic E-state index is 12.8. The summed E-state index contributed by atoms with van der Waals surface area (Å²) in [6.07, 6.45) is 3.85. The first-order valence-corrected chi connectivity index (χ1v) is 10.8. The van der Waals surface area contributed by atoms with E-state index in [1.165, 1.54) is 11.3 Å². The van der Waals surface area contributed by atoms with E-state index < -0.39 is 0 Å². The number of nitrogens with zero attached hydrogens (tertiary/aromatic N) is 3. The quantitative estimate of drug-likeness (QED) is 0.788. The minimum absolute atomic E-state index is 0.0759. The molecule has 3 fully saturated rings. The van der Waals surface area contributed by atoms with Crippen molar-refractivity contribution in [3.63, 3.8) is 0 Å². The summed E-state index contributed by atoms with van der Waals surface area (Å²) in [5, 5.41) is 4.80. The molecule has 27 heavy (non-hydrogen) atoms. The van der Waals surface area contributed by atoms with Crippen LogP contribution in [0.4, 0.5) is 0 Å². The number of aromatic nitrogens is 1. The van der Waals surface area contributed by atoms with Gasteiger partial charge in [-0.15, -0.1) is 11.3 Å². The molecule has 0 aliphatic carbocycles. The molecule has 0 radical (unpaired) electrons. The summed E-state index contributed by atoms with van der Waals surface area (Å²) in [5.41, 5.74) is 2.12. The van der Waals surface area contributed by atoms with Crippen molar-refractivity contribution < 1.29 is 14.3 Å². The average Bonchev–Trinajstić information content (AvgIpc) is 3.21. The van der Waals surface area contributed by atoms with Crippen LogP contribution in [0, 0.1) is 11.8 Å². The second-order valence-electron chi connectivity index (χ2n) is 7.92. The van der Waals surface area contributed by atoms with Gasteiger partial charge in [-0.05, 0) is 31.1 Å². The zero-order valence-electron chi connectivity index (χ0n) is 15.8. The second kappa shape index (κ2) is 8.24. The number of rotatable bonds is 6. The Balaban J connectivity index is 1.49. The van der Waals surface area contributed by atoms with Crippen LogP contribution in [0.2, 0.25) is 0 Å². The van der Waals surface area contributed by atoms with Gasteiger partial charge in [0.2, 0.25) is 5.91 Å². The van der Waals surface area contributed by atoms with Gasteiger partial charge in [-0.3, -0.25) is 9.59 Å². The molecule has 1 N–H and O–H groups in total. The van der Waals surface area contributed by atoms with Gasteiger partial charge < -0.3 is 19.9 Å². The molecule has 4 rings (SSSR count). The van der Waals surface area contributed by atoms with Crippen molar-refractivity contribution in [1.82, 2.24) is 20.1 Å². The Morgan fingerprint density at radius 2 is 2.26 bits per heavy atom. The zero-order valence-corrected chi connectivity index (χ0v) is 16.6. The van der Waals surface area contributed by atoms with Gasteiger partial charge in [-0.25, -0.2) is 4.98 Å². The van der Waals surface area contributed by atoms with Gasteiger partial charge in [0.05, 0.1) is 18.2 Å². The van der Waals surface area contributed by atoms with E-state index in [9.17, 15) is 9.59 Å². The Hall–Kier alpha value is -1.51. The molecular weight excluding hydrogens is 364 g/mol. The second-order valence-corrected chi connectivity index (χ2v) is 8.64. The van der Waals surface area contributed by atoms with Gasteiger partial charge in [-0.2, -0.15) is 0 Å². The van der Waals surface area contributed by atoms with Crippen molar-refractivity contribution in [2.24, 2.45) is 11.8 Å². The number of carbonyl (C=O) groups is 2. The van der Waals surface area contributed by atoms with Crippen LogP contribution < -0.4 is 5.32 Å². The maximum Gasteiger partial charge on any atom is 0.270 e. The molecule has 4 heterocycles. The smallest absolute Gasteiger partial charge is 0.270 e. The minimum Gasteiger partial charge on any atom is -0.383 e. The topological polar surface area (TPSA) is 74.8 Å². The average molecular weight is 393 g/mol. The number of hydrogen-bond acceptors (Lipinski definition) is 6. The number of fused-ring (bicyclic) bond motifs is 4. The molecule has 0 spiro atoms. The number of nitrogens with one attached hydrogen (secondary N) is 1. The van der Waals surface area contributed by atoms with Crippen molar-refractivity contribution in [1.29, 1.82) is 0 Å². The lowest BCUT2D eigenvalue weighted by Crippen LogP contribution is -2.67. The third-order valence-electron chi connectivity index (χ3n) is 6.32. The van der Waals surface area contributed by atoms with E-state index in [2.05, 4.69) is 20.1 Å². The van der Waals surface area contributed by atoms with Crippen molar-refractivity contribution in [3.05, 3.63) is 16.6 Å². The van der Waals surface area contributed by atoms with Gasteiger partial charge in [0.25, 0.3) is 5.91 Å². The van der Waals surface area contributed by atoms with Crippen molar-refractivity contribution >= 4 is 23.2 Å². The van der Waals surface area contributed by atoms with E-state index in [1.54, 1.807) is 18.0 Å². The van der Waals surface area contributed by atoms with E-state index in [1.807, 2.05) is 0 Å². The third-order valence-corrected chi connectivity index (χ3v) is 6.91. The van der Waals surface area contributed by atoms with Gasteiger partial charge in [0.15, 0.2) is 0 Å². The summed E-state index contributed by atoms with van der Waals surface area (Å²) in [7, 11) is 1.74. The molecule has 1 aromatic heterocycles. The van der Waals surface area contributed by atoms with Gasteiger partial charge in [0, 0.05) is 51.1 Å². The summed E-state index contributed by atoms with van der Waals surface area (Å²) in [4.78, 5) is 33.8. The van der Waals surface area contributed by atoms with Crippen LogP contribution in [0.25, 0.3) is 0 Å². The standard InChI is InChI=1S/C19H28N4O3S/c1-26-6-5-22-9-13-7-14(10-22)17(23-16(13)3-2-4-18(23)24)8-20-19(25)15-11-27-12-21-15/h11-14,16-17H,2-10H2,1H3,(H,20,25)/t13-,14+,16+,17+/m1/s1. The Bertz CT molecular complexity index is 668. The van der Waals surface area contributed by atoms with Crippen LogP contribution in [-0.4, -0.2) is 78.6 Å². The molecule has 0 saturated carbocycles. The van der Waals surface area contributed by atoms with Crippen molar-refractivity contribution in [3.8, 4) is 0 Å². The number of amides is 2. The van der Waals surface area contributed by atoms with Gasteiger partial charge in [0.1, 0.15) is 5.69 Å². The van der Waals surface area contributed by atoms with E-state index in [0.29, 0.717) is 36.5 Å². The molecule has 3 aliphatic rings. The van der Waals surface area contributed by atoms with E-state index in [4.69, 9.17) is 4.74 Å². The molecule has 2 bridgehead atoms. The fourth-order valence-corrected chi connectivity index (χ4v) is 5.68. The number of hydrogen-bond donors (Lipinski definition) is 1. The molecule has 7 nitrogen and oxygen atoms in total. The molecule has 1 aromatic rings. The fourth-order valence-electron chi connectivity index (χ4n) is 5.15. The zero-order chi connectivity index (χ0) is 18.8. The van der Waals surface area contributed by atoms with E-state index >= 15 is 0 Å². The number of carbonyl (C=O) groups excluding carboxylic acids is 2. The lowest BCUT2D eigenvalue weighted by atomic mass is 9.72. The summed E-state index contributed by atoms with van der Waals surface area (Å²) in [6.45, 7) is 4.19. The molecule has 148 valence electrons. The van der Waals surface area contributed by atoms with Gasteiger partial charge >= 0.3 is 0 Å². The molecule has 0 unspecified atom stereocenters. The van der Waals surface area contributed by atoms with Crippen LogP contribution in [0.1, 0.15) is 36.2 Å². The Labute approximate surface area is 164 Å². The normalized spacial score (nSPS) is 30.9. The highest BCUT2D eigenvalue weighted by Crippen LogP contribution is 2.41. The summed E-state index contributed by atoms with van der Waals surface area (Å²) in [5.74, 6) is 1.05. The Kier molecular flexibility index (Phi) is 5.75. The number of ether oxygens (including phenoxy) is 1. The van der Waals surface area contributed by atoms with E-state index in [0.717, 1.165) is 45.5 Å². The molecule has 2 amide bonds. The highest BCUT2D eigenvalue weighted by Gasteiger charge is 2.49. The highest BCUT2D eigenvalue weighted by molar-refractivity contribution is 7.07. The van der Waals surface area contributed by atoms with Crippen LogP contribution in [0.5, 0.6) is 0 Å². The van der Waals surface area contributed by atoms with Crippen LogP contribution >= 0.6 is 11.3 Å². The number of likely N-dealkylation sites (tertiary alicyclic amines) is 1. The van der Waals surface area contributed by atoms with Crippen molar-refractivity contribution in [2.45, 2.75) is 37.8 Å². The van der Waals surface area contributed by atoms with Crippen LogP contribution in [-0.2, 0) is 9.53 Å². The first kappa shape index (κ1) is 18.8. The molecule has 0 aromatic carbocycles. The Morgan fingerprint density at radius 3 is 3.04 bits per heavy atom. The number of thiazole rings is 1. The van der Waals surface area contributed by atoms with Crippen molar-refractivity contribution in [2.75, 3.05) is 39.9 Å². The Morgan fingerprint density at radius 1 is 1.41 bits per heavy atom. The summed E-state index contributed by atoms with van der Waals surface area (Å²) >= 11 is 1.42.